The lowest BCUT2D eigenvalue weighted by Gasteiger charge is -2.39. The number of anilines is 1. The highest BCUT2D eigenvalue weighted by Crippen LogP contribution is 2.74. The molecule has 6 nitrogen and oxygen atoms in total. The summed E-state index contributed by atoms with van der Waals surface area (Å²) in [6.45, 7) is 3.99. The Kier molecular flexibility index (Phi) is 6.88. The number of nitrogens with zero attached hydrogens (tertiary/aromatic N) is 1. The van der Waals surface area contributed by atoms with Crippen molar-refractivity contribution in [1.82, 2.24) is 0 Å². The number of hydrogen-bond donors (Lipinski definition) is 1. The first kappa shape index (κ1) is 30.7. The van der Waals surface area contributed by atoms with Gasteiger partial charge in [-0.2, -0.15) is 0 Å². The maximum absolute atomic E-state index is 16.0. The summed E-state index contributed by atoms with van der Waals surface area (Å²) in [6.07, 6.45) is 0. The first-order chi connectivity index (χ1) is 23.6. The van der Waals surface area contributed by atoms with Gasteiger partial charge in [0.05, 0.1) is 38.9 Å². The minimum Gasteiger partial charge on any atom is -0.478 e. The van der Waals surface area contributed by atoms with E-state index in [2.05, 4.69) is 0 Å². The van der Waals surface area contributed by atoms with Crippen LogP contribution in [0, 0.1) is 25.7 Å². The lowest BCUT2D eigenvalue weighted by Crippen LogP contribution is -2.45. The van der Waals surface area contributed by atoms with E-state index in [1.165, 1.54) is 18.2 Å². The van der Waals surface area contributed by atoms with Crippen molar-refractivity contribution >= 4 is 52.0 Å². The molecule has 5 aromatic carbocycles. The van der Waals surface area contributed by atoms with Crippen molar-refractivity contribution in [2.75, 3.05) is 4.90 Å². The van der Waals surface area contributed by atoms with Gasteiger partial charge < -0.3 is 5.11 Å². The van der Waals surface area contributed by atoms with Crippen LogP contribution in [0.4, 0.5) is 5.69 Å². The number of rotatable bonds is 6. The number of Topliss-reactive ketones (excluding diaryl/α,β-unsaturated/α-hetero) is 1. The van der Waals surface area contributed by atoms with Crippen LogP contribution in [0.3, 0.4) is 0 Å². The van der Waals surface area contributed by atoms with Gasteiger partial charge in [-0.1, -0.05) is 132 Å². The highest BCUT2D eigenvalue weighted by atomic mass is 35.5. The third-order valence-corrected chi connectivity index (χ3v) is 10.9. The van der Waals surface area contributed by atoms with Crippen molar-refractivity contribution in [3.05, 3.63) is 171 Å². The minimum atomic E-state index is -1.55. The van der Waals surface area contributed by atoms with Crippen LogP contribution >= 0.6 is 11.6 Å². The molecule has 1 N–H and O–H groups in total. The number of carbonyl (C=O) groups excluding carboxylic acids is 3. The molecule has 1 saturated heterocycles. The summed E-state index contributed by atoms with van der Waals surface area (Å²) in [5.41, 5.74) is 3.04. The van der Waals surface area contributed by atoms with Gasteiger partial charge in [-0.3, -0.25) is 14.4 Å². The molecule has 49 heavy (non-hydrogen) atoms. The van der Waals surface area contributed by atoms with Crippen LogP contribution in [0.25, 0.3) is 11.1 Å². The molecule has 2 amide bonds. The van der Waals surface area contributed by atoms with Crippen LogP contribution in [0.1, 0.15) is 43.7 Å². The van der Waals surface area contributed by atoms with Gasteiger partial charge >= 0.3 is 5.97 Å². The van der Waals surface area contributed by atoms with E-state index in [1.54, 1.807) is 0 Å². The van der Waals surface area contributed by atoms with Crippen molar-refractivity contribution in [1.29, 1.82) is 0 Å². The van der Waals surface area contributed by atoms with Crippen LogP contribution in [-0.4, -0.2) is 28.7 Å². The number of benzene rings is 5. The Morgan fingerprint density at radius 1 is 0.633 bits per heavy atom. The van der Waals surface area contributed by atoms with Crippen LogP contribution in [0.15, 0.2) is 127 Å². The number of hydrogen-bond acceptors (Lipinski definition) is 4. The quantitative estimate of drug-likeness (QED) is 0.187. The van der Waals surface area contributed by atoms with Crippen molar-refractivity contribution in [3.8, 4) is 0 Å². The van der Waals surface area contributed by atoms with Gasteiger partial charge in [0.15, 0.2) is 5.78 Å². The van der Waals surface area contributed by atoms with Gasteiger partial charge in [0.2, 0.25) is 11.8 Å². The molecule has 0 radical (unpaired) electrons. The zero-order chi connectivity index (χ0) is 34.2. The molecule has 4 atom stereocenters. The summed E-state index contributed by atoms with van der Waals surface area (Å²) in [6, 6.07) is 38.6. The highest BCUT2D eigenvalue weighted by molar-refractivity contribution is 6.39. The Balaban J connectivity index is 1.53. The fraction of sp³-hybridized carbons (Fsp3) is 0.143. The number of halogens is 1. The maximum Gasteiger partial charge on any atom is 0.337 e. The smallest absolute Gasteiger partial charge is 0.337 e. The summed E-state index contributed by atoms with van der Waals surface area (Å²) >= 11 is 6.22. The third-order valence-electron chi connectivity index (χ3n) is 10.6. The number of fused-ring (bicyclic) bond motifs is 5. The molecule has 3 aliphatic rings. The number of aryl methyl sites for hydroxylation is 2. The fourth-order valence-corrected chi connectivity index (χ4v) is 8.83. The van der Waals surface area contributed by atoms with E-state index >= 15 is 14.4 Å². The van der Waals surface area contributed by atoms with E-state index in [9.17, 15) is 9.90 Å². The summed E-state index contributed by atoms with van der Waals surface area (Å²) < 4.78 is 0. The van der Waals surface area contributed by atoms with E-state index < -0.39 is 40.4 Å². The van der Waals surface area contributed by atoms with Crippen molar-refractivity contribution < 1.29 is 24.3 Å². The molecular formula is C42H30ClNO5. The molecular weight excluding hydrogens is 634 g/mol. The summed E-state index contributed by atoms with van der Waals surface area (Å²) in [5, 5.41) is 9.85. The van der Waals surface area contributed by atoms with Crippen molar-refractivity contribution in [3.63, 3.8) is 0 Å². The molecule has 1 saturated carbocycles. The second-order valence-electron chi connectivity index (χ2n) is 13.1. The Morgan fingerprint density at radius 2 is 1.06 bits per heavy atom. The summed E-state index contributed by atoms with van der Waals surface area (Å²) in [7, 11) is 0. The number of aromatic carboxylic acids is 1. The van der Waals surface area contributed by atoms with E-state index in [-0.39, 0.29) is 22.1 Å². The van der Waals surface area contributed by atoms with Gasteiger partial charge in [-0.15, -0.1) is 0 Å². The first-order valence-corrected chi connectivity index (χ1v) is 16.5. The molecule has 1 heterocycles. The van der Waals surface area contributed by atoms with E-state index in [1.807, 2.05) is 123 Å². The van der Waals surface area contributed by atoms with Crippen LogP contribution in [-0.2, 0) is 25.2 Å². The molecule has 2 bridgehead atoms. The molecule has 0 unspecified atom stereocenters. The molecule has 1 aliphatic heterocycles. The number of carboxylic acid groups (broad SMARTS) is 1. The Labute approximate surface area is 288 Å². The zero-order valence-electron chi connectivity index (χ0n) is 26.7. The summed E-state index contributed by atoms with van der Waals surface area (Å²) in [5.74, 6) is -4.86. The molecule has 5 aromatic rings. The average molecular weight is 664 g/mol. The third kappa shape index (κ3) is 4.01. The summed E-state index contributed by atoms with van der Waals surface area (Å²) in [4.78, 5) is 59.4. The molecule has 8 rings (SSSR count). The highest BCUT2D eigenvalue weighted by Gasteiger charge is 2.82. The van der Waals surface area contributed by atoms with Crippen LogP contribution in [0.5, 0.6) is 0 Å². The monoisotopic (exact) mass is 663 g/mol. The lowest BCUT2D eigenvalue weighted by atomic mass is 9.59. The molecule has 7 heteroatoms. The second kappa shape index (κ2) is 11.0. The zero-order valence-corrected chi connectivity index (χ0v) is 27.4. The lowest BCUT2D eigenvalue weighted by molar-refractivity contribution is -0.130. The van der Waals surface area contributed by atoms with E-state index in [0.717, 1.165) is 27.2 Å². The topological polar surface area (TPSA) is 91.8 Å². The van der Waals surface area contributed by atoms with Gasteiger partial charge in [0.25, 0.3) is 0 Å². The van der Waals surface area contributed by atoms with Crippen LogP contribution in [0.2, 0.25) is 5.02 Å². The molecule has 0 aromatic heterocycles. The maximum atomic E-state index is 16.0. The Bertz CT molecular complexity index is 2120. The van der Waals surface area contributed by atoms with E-state index in [0.29, 0.717) is 22.3 Å². The van der Waals surface area contributed by atoms with Crippen molar-refractivity contribution in [2.45, 2.75) is 24.7 Å². The predicted molar refractivity (Wildman–Crippen MR) is 188 cm³/mol. The fourth-order valence-electron chi connectivity index (χ4n) is 8.64. The largest absolute Gasteiger partial charge is 0.478 e. The van der Waals surface area contributed by atoms with Gasteiger partial charge in [-0.25, -0.2) is 9.69 Å². The minimum absolute atomic E-state index is 0.0164. The standard InChI is InChI=1S/C42H30ClNO5/c1-24-13-17-26(18-14-24)33-34(27-19-15-25(2)16-20-27)42(29-11-7-4-8-12-29)36-35(41(33,40(42)49)28-9-5-3-6-10-28)37(45)44(38(36)46)30-21-22-32(43)31(23-30)39(47)48/h3-23,35-36H,1-2H3,(H,47,48)/t35-,36-,41+,42+/m0/s1. The second-order valence-corrected chi connectivity index (χ2v) is 13.5. The van der Waals surface area contributed by atoms with Crippen molar-refractivity contribution in [2.24, 2.45) is 11.8 Å². The average Bonchev–Trinajstić information content (AvgIpc) is 3.62. The SMILES string of the molecule is Cc1ccc(C2=C(c3ccc(C)cc3)[C@@]3(c4ccccc4)C(=O)[C@@]2(c2ccccc2)[C@@H]2C(=O)N(c4ccc(Cl)c(C(=O)O)c4)C(=O)[C@H]23)cc1. The van der Waals surface area contributed by atoms with Gasteiger partial charge in [0.1, 0.15) is 0 Å². The Hall–Kier alpha value is -5.59. The number of amides is 2. The van der Waals surface area contributed by atoms with Gasteiger partial charge in [-0.05, 0) is 65.4 Å². The number of carbonyl (C=O) groups is 4. The predicted octanol–water partition coefficient (Wildman–Crippen LogP) is 7.84. The number of ketones is 1. The molecule has 0 spiro atoms. The molecule has 240 valence electrons. The number of carboxylic acids is 1. The van der Waals surface area contributed by atoms with Crippen LogP contribution < -0.4 is 4.90 Å². The van der Waals surface area contributed by atoms with E-state index in [4.69, 9.17) is 11.6 Å². The molecule has 2 aliphatic carbocycles. The first-order valence-electron chi connectivity index (χ1n) is 16.1. The molecule has 2 fully saturated rings. The Morgan fingerprint density at radius 3 is 1.47 bits per heavy atom. The van der Waals surface area contributed by atoms with Gasteiger partial charge in [0, 0.05) is 0 Å². The normalized spacial score (nSPS) is 24.1. The number of allylic oxidation sites excluding steroid dienone is 2. The number of imide groups is 1.